The van der Waals surface area contributed by atoms with Crippen LogP contribution in [-0.2, 0) is 9.53 Å². The van der Waals surface area contributed by atoms with Gasteiger partial charge in [-0.05, 0) is 36.4 Å². The van der Waals surface area contributed by atoms with Gasteiger partial charge in [0, 0.05) is 34.2 Å². The van der Waals surface area contributed by atoms with Gasteiger partial charge in [0.05, 0.1) is 23.8 Å². The second-order valence-electron chi connectivity index (χ2n) is 5.48. The van der Waals surface area contributed by atoms with Crippen LogP contribution < -0.4 is 10.2 Å². The van der Waals surface area contributed by atoms with Gasteiger partial charge in [-0.2, -0.15) is 0 Å². The first-order valence-corrected chi connectivity index (χ1v) is 8.66. The molecule has 6 heteroatoms. The van der Waals surface area contributed by atoms with Crippen molar-refractivity contribution in [1.29, 1.82) is 0 Å². The predicted octanol–water partition coefficient (Wildman–Crippen LogP) is 3.73. The molecule has 2 aliphatic heterocycles. The summed E-state index contributed by atoms with van der Waals surface area (Å²) in [5.41, 5.74) is 2.34. The molecule has 4 rings (SSSR count). The minimum absolute atomic E-state index is 0.0800. The van der Waals surface area contributed by atoms with Crippen molar-refractivity contribution in [2.24, 2.45) is 0 Å². The Kier molecular flexibility index (Phi) is 3.85. The Morgan fingerprint density at radius 2 is 2.04 bits per heavy atom. The summed E-state index contributed by atoms with van der Waals surface area (Å²) in [4.78, 5) is 15.6. The Hall–Kier alpha value is -1.82. The number of amides is 1. The number of morpholine rings is 1. The maximum absolute atomic E-state index is 12.2. The second-order valence-corrected chi connectivity index (χ2v) is 7.01. The van der Waals surface area contributed by atoms with Gasteiger partial charge in [-0.1, -0.05) is 11.6 Å². The molecule has 0 aliphatic carbocycles. The first kappa shape index (κ1) is 14.8. The molecule has 23 heavy (non-hydrogen) atoms. The van der Waals surface area contributed by atoms with Crippen LogP contribution in [0.2, 0.25) is 5.02 Å². The lowest BCUT2D eigenvalue weighted by Crippen LogP contribution is -2.35. The minimum atomic E-state index is -0.0800. The lowest BCUT2D eigenvalue weighted by atomic mass is 10.1. The fourth-order valence-corrected chi connectivity index (χ4v) is 3.99. The number of nitrogens with zero attached hydrogens (tertiary/aromatic N) is 1. The summed E-state index contributed by atoms with van der Waals surface area (Å²) in [5, 5.41) is 4.72. The Morgan fingerprint density at radius 3 is 2.87 bits per heavy atom. The Morgan fingerprint density at radius 1 is 1.22 bits per heavy atom. The summed E-state index contributed by atoms with van der Waals surface area (Å²) in [6.07, 6.45) is 1.94. The molecule has 0 unspecified atom stereocenters. The zero-order valence-corrected chi connectivity index (χ0v) is 13.9. The average Bonchev–Trinajstić information content (AvgIpc) is 3.15. The van der Waals surface area contributed by atoms with Gasteiger partial charge in [0.1, 0.15) is 0 Å². The number of carbonyl (C=O) groups is 1. The number of nitrogens with one attached hydrogen (secondary N) is 1. The van der Waals surface area contributed by atoms with E-state index in [9.17, 15) is 4.79 Å². The standard InChI is InChI=1S/C17H15ClN2O2S/c18-11-1-3-15-13(9-11)14(17(21)19-15)10-12-2-4-16(23-12)20-5-7-22-8-6-20/h1-4,9-10H,5-8H2,(H,19,21)/b14-10-. The average molecular weight is 347 g/mol. The van der Waals surface area contributed by atoms with E-state index in [4.69, 9.17) is 16.3 Å². The Bertz CT molecular complexity index is 794. The fraction of sp³-hybridized carbons (Fsp3) is 0.235. The molecule has 1 aromatic heterocycles. The third kappa shape index (κ3) is 2.87. The molecule has 0 spiro atoms. The van der Waals surface area contributed by atoms with Crippen molar-refractivity contribution in [3.05, 3.63) is 45.8 Å². The molecule has 118 valence electrons. The van der Waals surface area contributed by atoms with E-state index in [-0.39, 0.29) is 5.91 Å². The largest absolute Gasteiger partial charge is 0.378 e. The molecular weight excluding hydrogens is 332 g/mol. The molecule has 0 radical (unpaired) electrons. The maximum Gasteiger partial charge on any atom is 0.256 e. The van der Waals surface area contributed by atoms with E-state index in [0.717, 1.165) is 42.4 Å². The molecule has 2 aliphatic rings. The molecule has 4 nitrogen and oxygen atoms in total. The molecule has 2 aromatic rings. The first-order valence-electron chi connectivity index (χ1n) is 7.46. The van der Waals surface area contributed by atoms with Crippen molar-refractivity contribution < 1.29 is 9.53 Å². The van der Waals surface area contributed by atoms with Gasteiger partial charge in [0.25, 0.3) is 5.91 Å². The van der Waals surface area contributed by atoms with Gasteiger partial charge in [-0.3, -0.25) is 4.79 Å². The highest BCUT2D eigenvalue weighted by Crippen LogP contribution is 2.36. The molecule has 1 amide bonds. The third-order valence-corrected chi connectivity index (χ3v) is 5.31. The van der Waals surface area contributed by atoms with Crippen LogP contribution in [0.15, 0.2) is 30.3 Å². The Labute approximate surface area is 143 Å². The van der Waals surface area contributed by atoms with Gasteiger partial charge in [0.2, 0.25) is 0 Å². The van der Waals surface area contributed by atoms with E-state index >= 15 is 0 Å². The van der Waals surface area contributed by atoms with Gasteiger partial charge in [0.15, 0.2) is 0 Å². The van der Waals surface area contributed by atoms with Gasteiger partial charge < -0.3 is 15.0 Å². The number of benzene rings is 1. The van der Waals surface area contributed by atoms with Crippen LogP contribution in [0.4, 0.5) is 10.7 Å². The third-order valence-electron chi connectivity index (χ3n) is 3.99. The molecule has 0 atom stereocenters. The van der Waals surface area contributed by atoms with Crippen molar-refractivity contribution in [1.82, 2.24) is 0 Å². The normalized spacial score (nSPS) is 19.1. The van der Waals surface area contributed by atoms with Crippen molar-refractivity contribution in [2.45, 2.75) is 0 Å². The second kappa shape index (κ2) is 6.00. The molecule has 3 heterocycles. The van der Waals surface area contributed by atoms with Gasteiger partial charge in [-0.25, -0.2) is 0 Å². The van der Waals surface area contributed by atoms with Crippen molar-refractivity contribution >= 4 is 51.2 Å². The number of carbonyl (C=O) groups excluding carboxylic acids is 1. The zero-order valence-electron chi connectivity index (χ0n) is 12.3. The van der Waals surface area contributed by atoms with Crippen LogP contribution >= 0.6 is 22.9 Å². The van der Waals surface area contributed by atoms with E-state index < -0.39 is 0 Å². The topological polar surface area (TPSA) is 41.6 Å². The van der Waals surface area contributed by atoms with Crippen LogP contribution in [0.25, 0.3) is 11.6 Å². The number of halogens is 1. The van der Waals surface area contributed by atoms with Gasteiger partial charge in [-0.15, -0.1) is 11.3 Å². The number of ether oxygens (including phenoxy) is 1. The molecule has 1 N–H and O–H groups in total. The highest BCUT2D eigenvalue weighted by molar-refractivity contribution is 7.17. The van der Waals surface area contributed by atoms with Gasteiger partial charge >= 0.3 is 0 Å². The number of hydrogen-bond acceptors (Lipinski definition) is 4. The van der Waals surface area contributed by atoms with E-state index in [1.807, 2.05) is 18.2 Å². The van der Waals surface area contributed by atoms with Crippen molar-refractivity contribution in [2.75, 3.05) is 36.5 Å². The minimum Gasteiger partial charge on any atom is -0.378 e. The quantitative estimate of drug-likeness (QED) is 0.842. The van der Waals surface area contributed by atoms with E-state index in [0.29, 0.717) is 10.6 Å². The summed E-state index contributed by atoms with van der Waals surface area (Å²) in [7, 11) is 0. The summed E-state index contributed by atoms with van der Waals surface area (Å²) < 4.78 is 5.39. The van der Waals surface area contributed by atoms with Crippen LogP contribution in [0.5, 0.6) is 0 Å². The number of rotatable bonds is 2. The lowest BCUT2D eigenvalue weighted by Gasteiger charge is -2.27. The zero-order chi connectivity index (χ0) is 15.8. The summed E-state index contributed by atoms with van der Waals surface area (Å²) in [6, 6.07) is 9.61. The van der Waals surface area contributed by atoms with Crippen molar-refractivity contribution in [3.8, 4) is 0 Å². The van der Waals surface area contributed by atoms with Crippen LogP contribution in [0, 0.1) is 0 Å². The van der Waals surface area contributed by atoms with Crippen LogP contribution in [-0.4, -0.2) is 32.2 Å². The number of anilines is 2. The molecule has 1 fully saturated rings. The highest BCUT2D eigenvalue weighted by Gasteiger charge is 2.24. The van der Waals surface area contributed by atoms with Crippen molar-refractivity contribution in [3.63, 3.8) is 0 Å². The summed E-state index contributed by atoms with van der Waals surface area (Å²) >= 11 is 7.75. The number of fused-ring (bicyclic) bond motifs is 1. The number of thiophene rings is 1. The molecule has 1 aromatic carbocycles. The molecule has 1 saturated heterocycles. The molecule has 0 bridgehead atoms. The predicted molar refractivity (Wildman–Crippen MR) is 95.3 cm³/mol. The molecule has 0 saturated carbocycles. The van der Waals surface area contributed by atoms with E-state index in [1.165, 1.54) is 5.00 Å². The maximum atomic E-state index is 12.2. The van der Waals surface area contributed by atoms with Crippen LogP contribution in [0.3, 0.4) is 0 Å². The first-order chi connectivity index (χ1) is 11.2. The Balaban J connectivity index is 1.65. The highest BCUT2D eigenvalue weighted by atomic mass is 35.5. The number of hydrogen-bond donors (Lipinski definition) is 1. The lowest BCUT2D eigenvalue weighted by molar-refractivity contribution is -0.110. The SMILES string of the molecule is O=C1Nc2ccc(Cl)cc2/C1=C/c1ccc(N2CCOCC2)s1. The molecular formula is C17H15ClN2O2S. The van der Waals surface area contributed by atoms with E-state index in [1.54, 1.807) is 17.4 Å². The van der Waals surface area contributed by atoms with E-state index in [2.05, 4.69) is 22.3 Å². The summed E-state index contributed by atoms with van der Waals surface area (Å²) in [6.45, 7) is 3.36. The monoisotopic (exact) mass is 346 g/mol. The summed E-state index contributed by atoms with van der Waals surface area (Å²) in [5.74, 6) is -0.0800. The smallest absolute Gasteiger partial charge is 0.256 e. The van der Waals surface area contributed by atoms with Crippen LogP contribution in [0.1, 0.15) is 10.4 Å². The fourth-order valence-electron chi connectivity index (χ4n) is 2.82.